The topological polar surface area (TPSA) is 86.0 Å². The van der Waals surface area contributed by atoms with Crippen molar-refractivity contribution in [1.82, 2.24) is 30.1 Å². The molecule has 1 amide bonds. The summed E-state index contributed by atoms with van der Waals surface area (Å²) >= 11 is 3.43. The molecule has 0 aliphatic carbocycles. The van der Waals surface area contributed by atoms with Crippen LogP contribution in [-0.2, 0) is 0 Å². The van der Waals surface area contributed by atoms with Crippen LogP contribution in [0.5, 0.6) is 5.88 Å². The van der Waals surface area contributed by atoms with E-state index in [2.05, 4.69) is 43.2 Å². The van der Waals surface area contributed by atoms with Crippen LogP contribution >= 0.6 is 15.9 Å². The van der Waals surface area contributed by atoms with Crippen molar-refractivity contribution in [2.24, 2.45) is 0 Å². The summed E-state index contributed by atoms with van der Waals surface area (Å²) in [5.41, 5.74) is 1.14. The van der Waals surface area contributed by atoms with Crippen LogP contribution in [0.1, 0.15) is 30.1 Å². The molecule has 28 heavy (non-hydrogen) atoms. The third-order valence-corrected chi connectivity index (χ3v) is 5.28. The van der Waals surface area contributed by atoms with Gasteiger partial charge in [0.05, 0.1) is 12.1 Å². The molecule has 1 aromatic carbocycles. The highest BCUT2D eigenvalue weighted by Gasteiger charge is 2.32. The van der Waals surface area contributed by atoms with E-state index in [0.29, 0.717) is 23.7 Å². The average molecular weight is 443 g/mol. The second-order valence-corrected chi connectivity index (χ2v) is 7.59. The number of amides is 1. The highest BCUT2D eigenvalue weighted by Crippen LogP contribution is 2.25. The van der Waals surface area contributed by atoms with Crippen LogP contribution in [0.25, 0.3) is 5.69 Å². The molecule has 1 aliphatic rings. The van der Waals surface area contributed by atoms with Gasteiger partial charge in [-0.3, -0.25) is 4.79 Å². The first-order valence-corrected chi connectivity index (χ1v) is 9.82. The summed E-state index contributed by atoms with van der Waals surface area (Å²) in [6.07, 6.45) is 4.65. The first-order valence-electron chi connectivity index (χ1n) is 9.03. The van der Waals surface area contributed by atoms with Crippen LogP contribution in [0.2, 0.25) is 0 Å². The van der Waals surface area contributed by atoms with Crippen molar-refractivity contribution in [3.8, 4) is 11.6 Å². The lowest BCUT2D eigenvalue weighted by Gasteiger charge is -2.38. The molecule has 1 fully saturated rings. The lowest BCUT2D eigenvalue weighted by molar-refractivity contribution is 0.0372. The molecule has 3 heterocycles. The van der Waals surface area contributed by atoms with E-state index in [1.807, 2.05) is 35.2 Å². The number of rotatable bonds is 4. The molecular weight excluding hydrogens is 424 g/mol. The van der Waals surface area contributed by atoms with Gasteiger partial charge in [-0.1, -0.05) is 28.1 Å². The van der Waals surface area contributed by atoms with Gasteiger partial charge in [-0.05, 0) is 43.2 Å². The molecule has 1 aliphatic heterocycles. The van der Waals surface area contributed by atoms with Gasteiger partial charge < -0.3 is 9.64 Å². The number of tetrazole rings is 1. The van der Waals surface area contributed by atoms with E-state index in [9.17, 15) is 4.79 Å². The van der Waals surface area contributed by atoms with E-state index in [1.165, 1.54) is 11.1 Å². The van der Waals surface area contributed by atoms with Crippen LogP contribution in [0.15, 0.2) is 53.4 Å². The van der Waals surface area contributed by atoms with Crippen molar-refractivity contribution in [2.45, 2.75) is 31.9 Å². The number of hydrogen-bond donors (Lipinski definition) is 0. The zero-order chi connectivity index (χ0) is 19.5. The normalized spacial score (nSPS) is 19.4. The van der Waals surface area contributed by atoms with E-state index in [-0.39, 0.29) is 18.1 Å². The lowest BCUT2D eigenvalue weighted by atomic mass is 9.99. The molecule has 3 aromatic rings. The van der Waals surface area contributed by atoms with Crippen LogP contribution in [0, 0.1) is 0 Å². The first-order chi connectivity index (χ1) is 13.6. The maximum atomic E-state index is 13.3. The molecule has 144 valence electrons. The Morgan fingerprint density at radius 3 is 2.89 bits per heavy atom. The number of aromatic nitrogens is 5. The molecule has 2 atom stereocenters. The fraction of sp³-hybridized carbons (Fsp3) is 0.316. The Labute approximate surface area is 170 Å². The van der Waals surface area contributed by atoms with Crippen LogP contribution in [-0.4, -0.2) is 54.7 Å². The van der Waals surface area contributed by atoms with Gasteiger partial charge >= 0.3 is 0 Å². The number of hydrogen-bond acceptors (Lipinski definition) is 6. The monoisotopic (exact) mass is 442 g/mol. The molecule has 0 N–H and O–H groups in total. The predicted molar refractivity (Wildman–Crippen MR) is 105 cm³/mol. The Bertz CT molecular complexity index is 965. The number of pyridine rings is 1. The molecule has 8 nitrogen and oxygen atoms in total. The Kier molecular flexibility index (Phi) is 5.34. The number of benzene rings is 1. The minimum Gasteiger partial charge on any atom is -0.472 e. The Balaban J connectivity index is 1.55. The molecular formula is C19H19BrN6O2. The van der Waals surface area contributed by atoms with Gasteiger partial charge in [0.15, 0.2) is 6.33 Å². The quantitative estimate of drug-likeness (QED) is 0.617. The SMILES string of the molecule is C[C@@H]1CC[C@@H](Oc2cc(Br)ccn2)CN1C(=O)c1ccccc1-n1ncnn1. The summed E-state index contributed by atoms with van der Waals surface area (Å²) in [6, 6.07) is 11.1. The second-order valence-electron chi connectivity index (χ2n) is 6.68. The molecule has 0 bridgehead atoms. The van der Waals surface area contributed by atoms with E-state index >= 15 is 0 Å². The van der Waals surface area contributed by atoms with Gasteiger partial charge in [-0.15, -0.1) is 15.0 Å². The largest absolute Gasteiger partial charge is 0.472 e. The zero-order valence-corrected chi connectivity index (χ0v) is 16.9. The van der Waals surface area contributed by atoms with E-state index in [0.717, 1.165) is 17.3 Å². The smallest absolute Gasteiger partial charge is 0.256 e. The second kappa shape index (κ2) is 8.05. The van der Waals surface area contributed by atoms with Crippen molar-refractivity contribution >= 4 is 21.8 Å². The predicted octanol–water partition coefficient (Wildman–Crippen LogP) is 2.89. The van der Waals surface area contributed by atoms with Crippen LogP contribution < -0.4 is 4.74 Å². The summed E-state index contributed by atoms with van der Waals surface area (Å²) < 4.78 is 6.93. The van der Waals surface area contributed by atoms with Gasteiger partial charge in [0.2, 0.25) is 5.88 Å². The first kappa shape index (κ1) is 18.5. The van der Waals surface area contributed by atoms with Gasteiger partial charge in [0.25, 0.3) is 5.91 Å². The zero-order valence-electron chi connectivity index (χ0n) is 15.3. The number of para-hydroxylation sites is 1. The van der Waals surface area contributed by atoms with E-state index in [4.69, 9.17) is 4.74 Å². The molecule has 4 rings (SSSR count). The highest BCUT2D eigenvalue weighted by atomic mass is 79.9. The Morgan fingerprint density at radius 1 is 1.25 bits per heavy atom. The number of ether oxygens (including phenoxy) is 1. The minimum absolute atomic E-state index is 0.0732. The third-order valence-electron chi connectivity index (χ3n) is 4.78. The standard InChI is InChI=1S/C19H19BrN6O2/c1-13-6-7-15(28-18-10-14(20)8-9-21-18)11-25(13)19(27)16-4-2-3-5-17(16)26-23-12-22-24-26/h2-5,8-10,12-13,15H,6-7,11H2,1H3/t13-,15-/m1/s1. The minimum atomic E-state index is -0.112. The summed E-state index contributed by atoms with van der Waals surface area (Å²) in [5, 5.41) is 11.7. The molecule has 2 aromatic heterocycles. The fourth-order valence-corrected chi connectivity index (χ4v) is 3.65. The van der Waals surface area contributed by atoms with Crippen molar-refractivity contribution in [2.75, 3.05) is 6.54 Å². The Hall–Kier alpha value is -2.81. The number of likely N-dealkylation sites (tertiary alicyclic amines) is 1. The van der Waals surface area contributed by atoms with Gasteiger partial charge in [-0.2, -0.15) is 0 Å². The maximum Gasteiger partial charge on any atom is 0.256 e. The number of carbonyl (C=O) groups excluding carboxylic acids is 1. The average Bonchev–Trinajstić information content (AvgIpc) is 3.24. The summed E-state index contributed by atoms with van der Waals surface area (Å²) in [7, 11) is 0. The number of carbonyl (C=O) groups is 1. The molecule has 0 radical (unpaired) electrons. The molecule has 0 spiro atoms. The van der Waals surface area contributed by atoms with Crippen LogP contribution in [0.3, 0.4) is 0 Å². The molecule has 1 saturated heterocycles. The number of halogens is 1. The Morgan fingerprint density at radius 2 is 2.11 bits per heavy atom. The van der Waals surface area contributed by atoms with E-state index < -0.39 is 0 Å². The van der Waals surface area contributed by atoms with Crippen LogP contribution in [0.4, 0.5) is 0 Å². The summed E-state index contributed by atoms with van der Waals surface area (Å²) in [6.45, 7) is 2.55. The van der Waals surface area contributed by atoms with E-state index in [1.54, 1.807) is 12.3 Å². The van der Waals surface area contributed by atoms with Crippen molar-refractivity contribution in [1.29, 1.82) is 0 Å². The van der Waals surface area contributed by atoms with Gasteiger partial charge in [0, 0.05) is 22.8 Å². The third kappa shape index (κ3) is 3.89. The molecule has 9 heteroatoms. The van der Waals surface area contributed by atoms with Crippen molar-refractivity contribution in [3.05, 3.63) is 59.0 Å². The summed E-state index contributed by atoms with van der Waals surface area (Å²) in [4.78, 5) is 20.8. The lowest BCUT2D eigenvalue weighted by Crippen LogP contribution is -2.49. The van der Waals surface area contributed by atoms with Gasteiger partial charge in [0.1, 0.15) is 11.8 Å². The van der Waals surface area contributed by atoms with Crippen molar-refractivity contribution in [3.63, 3.8) is 0 Å². The maximum absolute atomic E-state index is 13.3. The van der Waals surface area contributed by atoms with Crippen molar-refractivity contribution < 1.29 is 9.53 Å². The number of piperidine rings is 1. The number of nitrogens with zero attached hydrogens (tertiary/aromatic N) is 6. The highest BCUT2D eigenvalue weighted by molar-refractivity contribution is 9.10. The molecule has 0 unspecified atom stereocenters. The fourth-order valence-electron chi connectivity index (χ4n) is 3.33. The summed E-state index contributed by atoms with van der Waals surface area (Å²) in [5.74, 6) is 0.476. The van der Waals surface area contributed by atoms with Gasteiger partial charge in [-0.25, -0.2) is 4.98 Å². The molecule has 0 saturated carbocycles.